The van der Waals surface area contributed by atoms with Crippen LogP contribution in [-0.2, 0) is 13.1 Å². The first-order chi connectivity index (χ1) is 16.2. The van der Waals surface area contributed by atoms with E-state index in [1.807, 2.05) is 31.0 Å². The highest BCUT2D eigenvalue weighted by Gasteiger charge is 2.23. The van der Waals surface area contributed by atoms with Crippen molar-refractivity contribution in [2.45, 2.75) is 20.0 Å². The van der Waals surface area contributed by atoms with E-state index in [0.29, 0.717) is 0 Å². The molecule has 5 heterocycles. The normalized spacial score (nSPS) is 18.0. The molecule has 0 bridgehead atoms. The second-order valence-electron chi connectivity index (χ2n) is 8.91. The first kappa shape index (κ1) is 21.7. The van der Waals surface area contributed by atoms with Crippen molar-refractivity contribution in [2.75, 3.05) is 62.2 Å². The van der Waals surface area contributed by atoms with Gasteiger partial charge < -0.3 is 9.80 Å². The molecule has 2 aliphatic heterocycles. The van der Waals surface area contributed by atoms with Gasteiger partial charge in [-0.15, -0.1) is 0 Å². The lowest BCUT2D eigenvalue weighted by atomic mass is 10.2. The lowest BCUT2D eigenvalue weighted by molar-refractivity contribution is 0.247. The van der Waals surface area contributed by atoms with Gasteiger partial charge in [0.15, 0.2) is 0 Å². The maximum absolute atomic E-state index is 5.02. The maximum Gasteiger partial charge on any atom is 0.227 e. The number of pyridine rings is 2. The zero-order valence-electron chi connectivity index (χ0n) is 19.3. The van der Waals surface area contributed by atoms with E-state index in [1.54, 1.807) is 0 Å². The molecule has 2 aliphatic rings. The van der Waals surface area contributed by atoms with E-state index >= 15 is 0 Å². The minimum Gasteiger partial charge on any atom is -0.354 e. The Hall–Kier alpha value is -3.10. The van der Waals surface area contributed by atoms with Crippen molar-refractivity contribution in [1.29, 1.82) is 0 Å². The summed E-state index contributed by atoms with van der Waals surface area (Å²) in [4.78, 5) is 27.7. The molecule has 8 heteroatoms. The molecule has 3 aromatic heterocycles. The van der Waals surface area contributed by atoms with Crippen LogP contribution in [0.3, 0.4) is 0 Å². The summed E-state index contributed by atoms with van der Waals surface area (Å²) in [7, 11) is 0. The molecule has 0 N–H and O–H groups in total. The number of hydrogen-bond acceptors (Lipinski definition) is 8. The third-order valence-electron chi connectivity index (χ3n) is 6.57. The summed E-state index contributed by atoms with van der Waals surface area (Å²) in [6, 6.07) is 8.39. The number of aromatic nitrogens is 4. The molecule has 0 spiro atoms. The van der Waals surface area contributed by atoms with Gasteiger partial charge in [-0.2, -0.15) is 4.98 Å². The van der Waals surface area contributed by atoms with E-state index in [0.717, 1.165) is 82.8 Å². The monoisotopic (exact) mass is 444 g/mol. The molecule has 0 unspecified atom stereocenters. The van der Waals surface area contributed by atoms with Gasteiger partial charge in [0, 0.05) is 102 Å². The highest BCUT2D eigenvalue weighted by atomic mass is 15.3. The SMILES string of the molecule is Cc1cnc(N2CCN(Cc3ccncc3)CC2)nc1N1CCN(Cc2ccncc2)CC1. The van der Waals surface area contributed by atoms with Crippen LogP contribution >= 0.6 is 0 Å². The van der Waals surface area contributed by atoms with Crippen molar-refractivity contribution >= 4 is 11.8 Å². The number of anilines is 2. The zero-order chi connectivity index (χ0) is 22.5. The first-order valence-electron chi connectivity index (χ1n) is 11.8. The van der Waals surface area contributed by atoms with Crippen LogP contribution in [0.4, 0.5) is 11.8 Å². The average Bonchev–Trinajstić information content (AvgIpc) is 2.87. The Balaban J connectivity index is 1.17. The largest absolute Gasteiger partial charge is 0.354 e. The fourth-order valence-corrected chi connectivity index (χ4v) is 4.61. The van der Waals surface area contributed by atoms with E-state index in [2.05, 4.69) is 65.7 Å². The van der Waals surface area contributed by atoms with Crippen molar-refractivity contribution < 1.29 is 0 Å². The predicted molar refractivity (Wildman–Crippen MR) is 130 cm³/mol. The molecule has 172 valence electrons. The lowest BCUT2D eigenvalue weighted by Crippen LogP contribution is -2.48. The molecule has 2 fully saturated rings. The maximum atomic E-state index is 5.02. The number of hydrogen-bond donors (Lipinski definition) is 0. The van der Waals surface area contributed by atoms with Crippen LogP contribution in [0.15, 0.2) is 55.2 Å². The minimum absolute atomic E-state index is 0.860. The molecule has 0 radical (unpaired) electrons. The molecular formula is C25H32N8. The molecule has 0 aliphatic carbocycles. The molecule has 2 saturated heterocycles. The average molecular weight is 445 g/mol. The van der Waals surface area contributed by atoms with Crippen LogP contribution in [-0.4, -0.2) is 82.1 Å². The van der Waals surface area contributed by atoms with Gasteiger partial charge in [-0.25, -0.2) is 4.98 Å². The van der Waals surface area contributed by atoms with Crippen molar-refractivity contribution in [3.8, 4) is 0 Å². The van der Waals surface area contributed by atoms with Crippen molar-refractivity contribution in [3.63, 3.8) is 0 Å². The van der Waals surface area contributed by atoms with Gasteiger partial charge in [0.25, 0.3) is 0 Å². The molecular weight excluding hydrogens is 412 g/mol. The quantitative estimate of drug-likeness (QED) is 0.574. The summed E-state index contributed by atoms with van der Waals surface area (Å²) in [5, 5.41) is 0. The van der Waals surface area contributed by atoms with E-state index in [9.17, 15) is 0 Å². The van der Waals surface area contributed by atoms with Crippen LogP contribution in [0.25, 0.3) is 0 Å². The van der Waals surface area contributed by atoms with Crippen LogP contribution in [0.5, 0.6) is 0 Å². The standard InChI is InChI=1S/C25H32N8/c1-21-18-28-25(33-16-12-31(13-17-33)20-23-4-8-27-9-5-23)29-24(21)32-14-10-30(11-15-32)19-22-2-6-26-7-3-22/h2-9,18H,10-17,19-20H2,1H3. The first-order valence-corrected chi connectivity index (χ1v) is 11.8. The lowest BCUT2D eigenvalue weighted by Gasteiger charge is -2.37. The highest BCUT2D eigenvalue weighted by molar-refractivity contribution is 5.50. The third-order valence-corrected chi connectivity index (χ3v) is 6.57. The summed E-state index contributed by atoms with van der Waals surface area (Å²) < 4.78 is 0. The van der Waals surface area contributed by atoms with Gasteiger partial charge in [0.2, 0.25) is 5.95 Å². The molecule has 5 rings (SSSR count). The summed E-state index contributed by atoms with van der Waals surface area (Å²) in [5.74, 6) is 1.95. The van der Waals surface area contributed by atoms with Crippen molar-refractivity contribution in [2.24, 2.45) is 0 Å². The van der Waals surface area contributed by atoms with Crippen LogP contribution in [0, 0.1) is 6.92 Å². The fourth-order valence-electron chi connectivity index (χ4n) is 4.61. The highest BCUT2D eigenvalue weighted by Crippen LogP contribution is 2.23. The van der Waals surface area contributed by atoms with E-state index in [1.165, 1.54) is 11.1 Å². The van der Waals surface area contributed by atoms with Crippen LogP contribution < -0.4 is 9.80 Å². The Morgan fingerprint density at radius 3 is 1.67 bits per heavy atom. The van der Waals surface area contributed by atoms with E-state index in [-0.39, 0.29) is 0 Å². The summed E-state index contributed by atoms with van der Waals surface area (Å²) in [6.07, 6.45) is 9.47. The van der Waals surface area contributed by atoms with Gasteiger partial charge in [-0.3, -0.25) is 19.8 Å². The smallest absolute Gasteiger partial charge is 0.227 e. The Morgan fingerprint density at radius 2 is 1.15 bits per heavy atom. The van der Waals surface area contributed by atoms with E-state index in [4.69, 9.17) is 4.98 Å². The van der Waals surface area contributed by atoms with Gasteiger partial charge in [0.1, 0.15) is 5.82 Å². The third kappa shape index (κ3) is 5.46. The molecule has 0 aromatic carbocycles. The summed E-state index contributed by atoms with van der Waals surface area (Å²) >= 11 is 0. The molecule has 0 atom stereocenters. The molecule has 0 saturated carbocycles. The Morgan fingerprint density at radius 1 is 0.667 bits per heavy atom. The Labute approximate surface area is 195 Å². The molecule has 8 nitrogen and oxygen atoms in total. The number of nitrogens with zero attached hydrogens (tertiary/aromatic N) is 8. The predicted octanol–water partition coefficient (Wildman–Crippen LogP) is 2.22. The van der Waals surface area contributed by atoms with Crippen molar-refractivity contribution in [1.82, 2.24) is 29.7 Å². The number of aryl methyl sites for hydroxylation is 1. The fraction of sp³-hybridized carbons (Fsp3) is 0.440. The van der Waals surface area contributed by atoms with E-state index < -0.39 is 0 Å². The topological polar surface area (TPSA) is 64.5 Å². The molecule has 3 aromatic rings. The van der Waals surface area contributed by atoms with Crippen LogP contribution in [0.1, 0.15) is 16.7 Å². The molecule has 33 heavy (non-hydrogen) atoms. The second kappa shape index (κ2) is 10.2. The molecule has 0 amide bonds. The Kier molecular flexibility index (Phi) is 6.73. The summed E-state index contributed by atoms with van der Waals surface area (Å²) in [6.45, 7) is 12.1. The van der Waals surface area contributed by atoms with Gasteiger partial charge in [-0.1, -0.05) is 0 Å². The zero-order valence-corrected chi connectivity index (χ0v) is 19.3. The van der Waals surface area contributed by atoms with Gasteiger partial charge in [-0.05, 0) is 42.3 Å². The second-order valence-corrected chi connectivity index (χ2v) is 8.91. The van der Waals surface area contributed by atoms with Gasteiger partial charge in [0.05, 0.1) is 0 Å². The minimum atomic E-state index is 0.860. The summed E-state index contributed by atoms with van der Waals surface area (Å²) in [5.41, 5.74) is 3.79. The Bertz CT molecular complexity index is 1010. The van der Waals surface area contributed by atoms with Gasteiger partial charge >= 0.3 is 0 Å². The number of rotatable bonds is 6. The van der Waals surface area contributed by atoms with Crippen LogP contribution in [0.2, 0.25) is 0 Å². The number of piperazine rings is 2. The van der Waals surface area contributed by atoms with Crippen molar-refractivity contribution in [3.05, 3.63) is 71.9 Å².